The second-order valence-electron chi connectivity index (χ2n) is 5.66. The van der Waals surface area contributed by atoms with Crippen molar-refractivity contribution in [2.45, 2.75) is 47.6 Å². The highest BCUT2D eigenvalue weighted by molar-refractivity contribution is 5.40. The quantitative estimate of drug-likeness (QED) is 0.744. The van der Waals surface area contributed by atoms with Gasteiger partial charge in [0.2, 0.25) is 0 Å². The lowest BCUT2D eigenvalue weighted by molar-refractivity contribution is 0.325. The highest BCUT2D eigenvalue weighted by Crippen LogP contribution is 2.34. The van der Waals surface area contributed by atoms with Crippen LogP contribution in [0.2, 0.25) is 0 Å². The highest BCUT2D eigenvalue weighted by atomic mass is 14.7. The van der Waals surface area contributed by atoms with Gasteiger partial charge in [-0.2, -0.15) is 0 Å². The van der Waals surface area contributed by atoms with Crippen molar-refractivity contribution >= 4 is 0 Å². The number of hydrogen-bond acceptors (Lipinski definition) is 1. The van der Waals surface area contributed by atoms with Crippen LogP contribution in [0.5, 0.6) is 0 Å². The fourth-order valence-corrected chi connectivity index (χ4v) is 2.11. The van der Waals surface area contributed by atoms with Gasteiger partial charge in [-0.15, -0.1) is 0 Å². The second kappa shape index (κ2) is 3.97. The van der Waals surface area contributed by atoms with Gasteiger partial charge in [-0.1, -0.05) is 38.5 Å². The summed E-state index contributed by atoms with van der Waals surface area (Å²) >= 11 is 0. The first-order chi connectivity index (χ1) is 6.73. The highest BCUT2D eigenvalue weighted by Gasteiger charge is 2.24. The maximum absolute atomic E-state index is 6.32. The van der Waals surface area contributed by atoms with Gasteiger partial charge in [-0.05, 0) is 42.9 Å². The lowest BCUT2D eigenvalue weighted by Gasteiger charge is -2.30. The molecule has 1 heteroatoms. The van der Waals surface area contributed by atoms with E-state index >= 15 is 0 Å². The van der Waals surface area contributed by atoms with Crippen LogP contribution < -0.4 is 5.73 Å². The average Bonchev–Trinajstić information content (AvgIpc) is 1.99. The lowest BCUT2D eigenvalue weighted by atomic mass is 9.79. The molecular formula is C14H23N. The van der Waals surface area contributed by atoms with Crippen LogP contribution in [0, 0.1) is 26.2 Å². The number of aryl methyl sites for hydroxylation is 3. The third-order valence-corrected chi connectivity index (χ3v) is 2.98. The average molecular weight is 205 g/mol. The lowest BCUT2D eigenvalue weighted by Crippen LogP contribution is -2.27. The van der Waals surface area contributed by atoms with E-state index in [0.717, 1.165) is 0 Å². The van der Waals surface area contributed by atoms with Crippen molar-refractivity contribution in [1.82, 2.24) is 0 Å². The van der Waals surface area contributed by atoms with Crippen LogP contribution >= 0.6 is 0 Å². The van der Waals surface area contributed by atoms with Crippen molar-refractivity contribution in [2.75, 3.05) is 0 Å². The third kappa shape index (κ3) is 2.60. The van der Waals surface area contributed by atoms with Gasteiger partial charge < -0.3 is 5.73 Å². The van der Waals surface area contributed by atoms with Gasteiger partial charge in [0.15, 0.2) is 0 Å². The first kappa shape index (κ1) is 12.3. The van der Waals surface area contributed by atoms with Crippen LogP contribution in [0.25, 0.3) is 0 Å². The molecule has 0 aliphatic carbocycles. The minimum Gasteiger partial charge on any atom is -0.323 e. The summed E-state index contributed by atoms with van der Waals surface area (Å²) in [6.07, 6.45) is 0. The standard InChI is InChI=1S/C14H23N/c1-9-7-10(2)12(11(3)8-9)13(15)14(4,5)6/h7-8,13H,15H2,1-6H3/t13-/m0/s1. The Morgan fingerprint density at radius 1 is 1.00 bits per heavy atom. The number of nitrogens with two attached hydrogens (primary N) is 1. The minimum atomic E-state index is 0.109. The molecule has 0 fully saturated rings. The molecule has 1 nitrogen and oxygen atoms in total. The van der Waals surface area contributed by atoms with E-state index in [9.17, 15) is 0 Å². The second-order valence-corrected chi connectivity index (χ2v) is 5.66. The predicted molar refractivity (Wildman–Crippen MR) is 67.0 cm³/mol. The van der Waals surface area contributed by atoms with E-state index in [1.807, 2.05) is 0 Å². The molecule has 0 aliphatic heterocycles. The van der Waals surface area contributed by atoms with Gasteiger partial charge in [0.05, 0.1) is 0 Å². The zero-order chi connectivity index (χ0) is 11.8. The van der Waals surface area contributed by atoms with Crippen molar-refractivity contribution in [3.05, 3.63) is 34.4 Å². The molecule has 0 unspecified atom stereocenters. The summed E-state index contributed by atoms with van der Waals surface area (Å²) in [5, 5.41) is 0. The van der Waals surface area contributed by atoms with Crippen LogP contribution in [0.3, 0.4) is 0 Å². The van der Waals surface area contributed by atoms with Crippen LogP contribution in [0.15, 0.2) is 12.1 Å². The fourth-order valence-electron chi connectivity index (χ4n) is 2.11. The molecule has 0 saturated carbocycles. The predicted octanol–water partition coefficient (Wildman–Crippen LogP) is 3.66. The van der Waals surface area contributed by atoms with Crippen molar-refractivity contribution in [1.29, 1.82) is 0 Å². The van der Waals surface area contributed by atoms with E-state index in [1.165, 1.54) is 22.3 Å². The Hall–Kier alpha value is -0.820. The van der Waals surface area contributed by atoms with Crippen LogP contribution in [-0.2, 0) is 0 Å². The Bertz CT molecular complexity index is 335. The van der Waals surface area contributed by atoms with E-state index in [4.69, 9.17) is 5.73 Å². The van der Waals surface area contributed by atoms with Crippen LogP contribution in [-0.4, -0.2) is 0 Å². The molecule has 0 spiro atoms. The molecule has 1 aromatic carbocycles. The Morgan fingerprint density at radius 2 is 1.40 bits per heavy atom. The first-order valence-corrected chi connectivity index (χ1v) is 5.57. The van der Waals surface area contributed by atoms with E-state index in [2.05, 4.69) is 53.7 Å². The van der Waals surface area contributed by atoms with E-state index < -0.39 is 0 Å². The fraction of sp³-hybridized carbons (Fsp3) is 0.571. The number of hydrogen-bond donors (Lipinski definition) is 1. The normalized spacial score (nSPS) is 14.1. The topological polar surface area (TPSA) is 26.0 Å². The summed E-state index contributed by atoms with van der Waals surface area (Å²) < 4.78 is 0. The smallest absolute Gasteiger partial charge is 0.0349 e. The summed E-state index contributed by atoms with van der Waals surface area (Å²) in [5.41, 5.74) is 11.7. The number of benzene rings is 1. The maximum atomic E-state index is 6.32. The van der Waals surface area contributed by atoms with Gasteiger partial charge in [0.25, 0.3) is 0 Å². The summed E-state index contributed by atoms with van der Waals surface area (Å²) in [7, 11) is 0. The Balaban J connectivity index is 3.26. The molecule has 0 amide bonds. The van der Waals surface area contributed by atoms with Gasteiger partial charge in [-0.3, -0.25) is 0 Å². The summed E-state index contributed by atoms with van der Waals surface area (Å²) in [4.78, 5) is 0. The van der Waals surface area contributed by atoms with E-state index in [1.54, 1.807) is 0 Å². The molecule has 1 rings (SSSR count). The minimum absolute atomic E-state index is 0.109. The number of rotatable bonds is 1. The maximum Gasteiger partial charge on any atom is 0.0349 e. The summed E-state index contributed by atoms with van der Waals surface area (Å²) in [6.45, 7) is 13.0. The van der Waals surface area contributed by atoms with Gasteiger partial charge >= 0.3 is 0 Å². The molecule has 15 heavy (non-hydrogen) atoms. The van der Waals surface area contributed by atoms with Crippen molar-refractivity contribution in [3.63, 3.8) is 0 Å². The Labute approximate surface area is 93.7 Å². The zero-order valence-corrected chi connectivity index (χ0v) is 10.8. The monoisotopic (exact) mass is 205 g/mol. The molecule has 2 N–H and O–H groups in total. The molecule has 0 heterocycles. The van der Waals surface area contributed by atoms with E-state index in [0.29, 0.717) is 0 Å². The zero-order valence-electron chi connectivity index (χ0n) is 10.8. The van der Waals surface area contributed by atoms with Gasteiger partial charge in [-0.25, -0.2) is 0 Å². The molecule has 0 bridgehead atoms. The van der Waals surface area contributed by atoms with Gasteiger partial charge in [0.1, 0.15) is 0 Å². The largest absolute Gasteiger partial charge is 0.323 e. The molecule has 0 aromatic heterocycles. The van der Waals surface area contributed by atoms with E-state index in [-0.39, 0.29) is 11.5 Å². The molecule has 0 radical (unpaired) electrons. The molecular weight excluding hydrogens is 182 g/mol. The molecule has 1 aromatic rings. The SMILES string of the molecule is Cc1cc(C)c([C@H](N)C(C)(C)C)c(C)c1. The molecule has 84 valence electrons. The molecule has 0 saturated heterocycles. The van der Waals surface area contributed by atoms with Crippen molar-refractivity contribution in [3.8, 4) is 0 Å². The van der Waals surface area contributed by atoms with Crippen LogP contribution in [0.4, 0.5) is 0 Å². The summed E-state index contributed by atoms with van der Waals surface area (Å²) in [6, 6.07) is 4.54. The van der Waals surface area contributed by atoms with Gasteiger partial charge in [0, 0.05) is 6.04 Å². The Kier molecular flexibility index (Phi) is 3.25. The first-order valence-electron chi connectivity index (χ1n) is 5.57. The molecule has 1 atom stereocenters. The summed E-state index contributed by atoms with van der Waals surface area (Å²) in [5.74, 6) is 0. The molecule has 0 aliphatic rings. The Morgan fingerprint density at radius 3 is 1.73 bits per heavy atom. The van der Waals surface area contributed by atoms with Crippen molar-refractivity contribution in [2.24, 2.45) is 11.1 Å². The third-order valence-electron chi connectivity index (χ3n) is 2.98. The van der Waals surface area contributed by atoms with Crippen LogP contribution in [0.1, 0.15) is 49.1 Å². The van der Waals surface area contributed by atoms with Crippen molar-refractivity contribution < 1.29 is 0 Å².